The molecule has 0 aliphatic heterocycles. The zero-order valence-electron chi connectivity index (χ0n) is 10.3. The summed E-state index contributed by atoms with van der Waals surface area (Å²) in [7, 11) is 0. The third-order valence-corrected chi connectivity index (χ3v) is 2.86. The van der Waals surface area contributed by atoms with E-state index in [1.165, 1.54) is 19.3 Å². The number of ether oxygens (including phenoxy) is 1. The first kappa shape index (κ1) is 12.3. The molecule has 15 heavy (non-hydrogen) atoms. The molecular weight excluding hydrogens is 190 g/mol. The average Bonchev–Trinajstić information content (AvgIpc) is 1.95. The predicted octanol–water partition coefficient (Wildman–Crippen LogP) is 3.09. The second-order valence-corrected chi connectivity index (χ2v) is 5.35. The van der Waals surface area contributed by atoms with E-state index in [9.17, 15) is 4.79 Å². The van der Waals surface area contributed by atoms with Crippen molar-refractivity contribution in [2.75, 3.05) is 0 Å². The lowest BCUT2D eigenvalue weighted by Gasteiger charge is -2.34. The van der Waals surface area contributed by atoms with Crippen molar-refractivity contribution in [1.29, 1.82) is 0 Å². The molecule has 1 aliphatic rings. The Morgan fingerprint density at radius 1 is 1.47 bits per heavy atom. The minimum absolute atomic E-state index is 0.277. The molecule has 1 atom stereocenters. The van der Waals surface area contributed by atoms with Crippen molar-refractivity contribution in [3.8, 4) is 0 Å². The summed E-state index contributed by atoms with van der Waals surface area (Å²) in [5.41, 5.74) is -0.401. The minimum atomic E-state index is -0.401. The molecule has 3 nitrogen and oxygen atoms in total. The van der Waals surface area contributed by atoms with Gasteiger partial charge >= 0.3 is 6.09 Å². The van der Waals surface area contributed by atoms with Gasteiger partial charge in [-0.15, -0.1) is 0 Å². The molecule has 1 N–H and O–H groups in total. The van der Waals surface area contributed by atoms with E-state index in [2.05, 4.69) is 12.2 Å². The number of hydrogen-bond donors (Lipinski definition) is 1. The maximum Gasteiger partial charge on any atom is 0.407 e. The molecular formula is C12H23NO2. The van der Waals surface area contributed by atoms with Crippen molar-refractivity contribution in [2.24, 2.45) is 5.92 Å². The Morgan fingerprint density at radius 2 is 2.07 bits per heavy atom. The maximum atomic E-state index is 11.5. The molecule has 0 spiro atoms. The molecule has 0 aromatic heterocycles. The van der Waals surface area contributed by atoms with Crippen LogP contribution in [-0.4, -0.2) is 17.7 Å². The molecule has 1 saturated carbocycles. The summed E-state index contributed by atoms with van der Waals surface area (Å²) < 4.78 is 5.24. The Kier molecular flexibility index (Phi) is 4.00. The SMILES string of the molecule is CCC(NC(=O)OC(C)(C)C)C1CCC1. The van der Waals surface area contributed by atoms with Crippen molar-refractivity contribution in [1.82, 2.24) is 5.32 Å². The molecule has 0 aromatic carbocycles. The molecule has 0 radical (unpaired) electrons. The van der Waals surface area contributed by atoms with Gasteiger partial charge in [0.25, 0.3) is 0 Å². The Balaban J connectivity index is 2.34. The maximum absolute atomic E-state index is 11.5. The summed E-state index contributed by atoms with van der Waals surface area (Å²) >= 11 is 0. The highest BCUT2D eigenvalue weighted by Crippen LogP contribution is 2.30. The van der Waals surface area contributed by atoms with Gasteiger partial charge in [0, 0.05) is 6.04 Å². The first-order valence-electron chi connectivity index (χ1n) is 5.92. The first-order chi connectivity index (χ1) is 6.92. The number of carbonyl (C=O) groups excluding carboxylic acids is 1. The van der Waals surface area contributed by atoms with E-state index in [0.717, 1.165) is 6.42 Å². The Bertz CT molecular complexity index is 216. The average molecular weight is 213 g/mol. The summed E-state index contributed by atoms with van der Waals surface area (Å²) in [4.78, 5) is 11.5. The van der Waals surface area contributed by atoms with Crippen LogP contribution in [0.5, 0.6) is 0 Å². The third-order valence-electron chi connectivity index (χ3n) is 2.86. The summed E-state index contributed by atoms with van der Waals surface area (Å²) in [5, 5.41) is 2.96. The fraction of sp³-hybridized carbons (Fsp3) is 0.917. The molecule has 3 heteroatoms. The molecule has 1 aliphatic carbocycles. The van der Waals surface area contributed by atoms with Gasteiger partial charge in [0.2, 0.25) is 0 Å². The lowest BCUT2D eigenvalue weighted by Crippen LogP contribution is -2.44. The molecule has 1 fully saturated rings. The fourth-order valence-electron chi connectivity index (χ4n) is 1.85. The highest BCUT2D eigenvalue weighted by molar-refractivity contribution is 5.68. The van der Waals surface area contributed by atoms with Gasteiger partial charge in [-0.25, -0.2) is 4.79 Å². The van der Waals surface area contributed by atoms with Crippen LogP contribution in [0.3, 0.4) is 0 Å². The molecule has 0 aromatic rings. The van der Waals surface area contributed by atoms with Crippen LogP contribution >= 0.6 is 0 Å². The van der Waals surface area contributed by atoms with Crippen LogP contribution in [0.2, 0.25) is 0 Å². The number of amides is 1. The van der Waals surface area contributed by atoms with Gasteiger partial charge in [-0.05, 0) is 46.0 Å². The predicted molar refractivity (Wildman–Crippen MR) is 60.8 cm³/mol. The zero-order chi connectivity index (χ0) is 11.5. The van der Waals surface area contributed by atoms with Crippen LogP contribution in [0, 0.1) is 5.92 Å². The first-order valence-corrected chi connectivity index (χ1v) is 5.92. The van der Waals surface area contributed by atoms with Crippen molar-refractivity contribution in [3.05, 3.63) is 0 Å². The van der Waals surface area contributed by atoms with E-state index < -0.39 is 5.60 Å². The summed E-state index contributed by atoms with van der Waals surface area (Å²) in [6.07, 6.45) is 4.50. The van der Waals surface area contributed by atoms with Crippen LogP contribution in [0.15, 0.2) is 0 Å². The van der Waals surface area contributed by atoms with Crippen LogP contribution < -0.4 is 5.32 Å². The molecule has 88 valence electrons. The lowest BCUT2D eigenvalue weighted by molar-refractivity contribution is 0.0463. The van der Waals surface area contributed by atoms with Gasteiger partial charge in [-0.2, -0.15) is 0 Å². The van der Waals surface area contributed by atoms with Crippen molar-refractivity contribution in [2.45, 2.75) is 65.0 Å². The van der Waals surface area contributed by atoms with Gasteiger partial charge in [0.1, 0.15) is 5.60 Å². The van der Waals surface area contributed by atoms with E-state index in [-0.39, 0.29) is 6.09 Å². The molecule has 0 saturated heterocycles. The quantitative estimate of drug-likeness (QED) is 0.782. The largest absolute Gasteiger partial charge is 0.444 e. The van der Waals surface area contributed by atoms with E-state index >= 15 is 0 Å². The van der Waals surface area contributed by atoms with E-state index in [0.29, 0.717) is 12.0 Å². The van der Waals surface area contributed by atoms with Gasteiger partial charge in [0.05, 0.1) is 0 Å². The monoisotopic (exact) mass is 213 g/mol. The van der Waals surface area contributed by atoms with Gasteiger partial charge in [0.15, 0.2) is 0 Å². The number of carbonyl (C=O) groups is 1. The van der Waals surface area contributed by atoms with Crippen LogP contribution in [-0.2, 0) is 4.74 Å². The summed E-state index contributed by atoms with van der Waals surface area (Å²) in [6.45, 7) is 7.77. The smallest absolute Gasteiger partial charge is 0.407 e. The van der Waals surface area contributed by atoms with Crippen molar-refractivity contribution >= 4 is 6.09 Å². The second-order valence-electron chi connectivity index (χ2n) is 5.35. The van der Waals surface area contributed by atoms with E-state index in [4.69, 9.17) is 4.74 Å². The highest BCUT2D eigenvalue weighted by Gasteiger charge is 2.28. The number of rotatable bonds is 3. The third kappa shape index (κ3) is 4.10. The standard InChI is InChI=1S/C12H23NO2/c1-5-10(9-7-6-8-9)13-11(14)15-12(2,3)4/h9-10H,5-8H2,1-4H3,(H,13,14). The van der Waals surface area contributed by atoms with Crippen LogP contribution in [0.4, 0.5) is 4.79 Å². The Morgan fingerprint density at radius 3 is 2.40 bits per heavy atom. The molecule has 0 bridgehead atoms. The Hall–Kier alpha value is -0.730. The fourth-order valence-corrected chi connectivity index (χ4v) is 1.85. The van der Waals surface area contributed by atoms with Crippen molar-refractivity contribution < 1.29 is 9.53 Å². The van der Waals surface area contributed by atoms with Gasteiger partial charge < -0.3 is 10.1 Å². The molecule has 1 amide bonds. The number of alkyl carbamates (subject to hydrolysis) is 1. The number of hydrogen-bond acceptors (Lipinski definition) is 2. The van der Waals surface area contributed by atoms with E-state index in [1.54, 1.807) is 0 Å². The van der Waals surface area contributed by atoms with Gasteiger partial charge in [-0.3, -0.25) is 0 Å². The van der Waals surface area contributed by atoms with Crippen LogP contribution in [0.25, 0.3) is 0 Å². The van der Waals surface area contributed by atoms with Gasteiger partial charge in [-0.1, -0.05) is 13.3 Å². The lowest BCUT2D eigenvalue weighted by atomic mass is 9.79. The molecule has 1 rings (SSSR count). The van der Waals surface area contributed by atoms with Crippen LogP contribution in [0.1, 0.15) is 53.4 Å². The normalized spacial score (nSPS) is 19.2. The number of nitrogens with one attached hydrogen (secondary N) is 1. The molecule has 1 unspecified atom stereocenters. The highest BCUT2D eigenvalue weighted by atomic mass is 16.6. The van der Waals surface area contributed by atoms with Crippen molar-refractivity contribution in [3.63, 3.8) is 0 Å². The minimum Gasteiger partial charge on any atom is -0.444 e. The topological polar surface area (TPSA) is 38.3 Å². The molecule has 0 heterocycles. The second kappa shape index (κ2) is 4.86. The summed E-state index contributed by atoms with van der Waals surface area (Å²) in [6, 6.07) is 0.300. The zero-order valence-corrected chi connectivity index (χ0v) is 10.3. The van der Waals surface area contributed by atoms with E-state index in [1.807, 2.05) is 20.8 Å². The Labute approximate surface area is 92.6 Å². The summed E-state index contributed by atoms with van der Waals surface area (Å²) in [5.74, 6) is 0.669.